The van der Waals surface area contributed by atoms with Crippen LogP contribution < -0.4 is 10.6 Å². The number of aliphatic imine (C=N–C) groups is 1. The van der Waals surface area contributed by atoms with Gasteiger partial charge < -0.3 is 10.6 Å². The van der Waals surface area contributed by atoms with Crippen LogP contribution in [0.5, 0.6) is 0 Å². The molecule has 1 fully saturated rings. The van der Waals surface area contributed by atoms with E-state index in [0.717, 1.165) is 19.6 Å². The van der Waals surface area contributed by atoms with Crippen molar-refractivity contribution in [1.82, 2.24) is 15.5 Å². The van der Waals surface area contributed by atoms with Crippen molar-refractivity contribution in [3.8, 4) is 0 Å². The second-order valence-corrected chi connectivity index (χ2v) is 9.29. The Morgan fingerprint density at radius 3 is 2.71 bits per heavy atom. The van der Waals surface area contributed by atoms with Crippen LogP contribution in [0.1, 0.15) is 30.7 Å². The molecule has 0 spiro atoms. The summed E-state index contributed by atoms with van der Waals surface area (Å²) in [6.07, 6.45) is 3.75. The molecule has 0 aliphatic carbocycles. The molecule has 2 rings (SSSR count). The van der Waals surface area contributed by atoms with Gasteiger partial charge in [0.15, 0.2) is 5.96 Å². The summed E-state index contributed by atoms with van der Waals surface area (Å²) in [5.41, 5.74) is 0. The molecule has 0 radical (unpaired) electrons. The Bertz CT molecular complexity index is 608. The number of nitrogens with zero attached hydrogens (tertiary/aromatic N) is 2. The number of rotatable bonds is 8. The summed E-state index contributed by atoms with van der Waals surface area (Å²) < 4.78 is 22.5. The lowest BCUT2D eigenvalue weighted by molar-refractivity contribution is 0.255. The first-order valence-corrected chi connectivity index (χ1v) is 11.4. The summed E-state index contributed by atoms with van der Waals surface area (Å²) in [6, 6.07) is 4.56. The Hall–Kier alpha value is -1.12. The van der Waals surface area contributed by atoms with Gasteiger partial charge in [0.05, 0.1) is 18.3 Å². The molecule has 2 heterocycles. The Morgan fingerprint density at radius 1 is 1.38 bits per heavy atom. The molecule has 0 amide bonds. The van der Waals surface area contributed by atoms with E-state index in [1.165, 1.54) is 24.0 Å². The minimum atomic E-state index is -2.97. The zero-order valence-corrected chi connectivity index (χ0v) is 16.1. The van der Waals surface area contributed by atoms with Crippen LogP contribution in [0, 0.1) is 0 Å². The normalized spacial score (nSPS) is 17.8. The molecule has 0 aromatic carbocycles. The van der Waals surface area contributed by atoms with Gasteiger partial charge in [-0.1, -0.05) is 6.07 Å². The summed E-state index contributed by atoms with van der Waals surface area (Å²) in [4.78, 5) is 8.53. The fourth-order valence-electron chi connectivity index (χ4n) is 2.79. The highest BCUT2D eigenvalue weighted by Crippen LogP contribution is 2.28. The minimum absolute atomic E-state index is 0.109. The molecule has 1 aromatic heterocycles. The number of hydrogen-bond acceptors (Lipinski definition) is 5. The van der Waals surface area contributed by atoms with Crippen LogP contribution in [-0.2, 0) is 9.84 Å². The van der Waals surface area contributed by atoms with Crippen LogP contribution in [-0.4, -0.2) is 64.0 Å². The first kappa shape index (κ1) is 19.2. The highest BCUT2D eigenvalue weighted by atomic mass is 32.2. The Morgan fingerprint density at radius 2 is 2.12 bits per heavy atom. The van der Waals surface area contributed by atoms with Gasteiger partial charge in [-0.25, -0.2) is 8.42 Å². The van der Waals surface area contributed by atoms with Gasteiger partial charge in [-0.3, -0.25) is 9.89 Å². The second kappa shape index (κ2) is 9.39. The third-order valence-electron chi connectivity index (χ3n) is 3.98. The highest BCUT2D eigenvalue weighted by Gasteiger charge is 2.24. The molecule has 24 heavy (non-hydrogen) atoms. The molecule has 2 N–H and O–H groups in total. The third-order valence-corrected chi connectivity index (χ3v) is 5.90. The van der Waals surface area contributed by atoms with Gasteiger partial charge in [0.1, 0.15) is 9.84 Å². The zero-order chi connectivity index (χ0) is 17.4. The molecule has 1 aromatic rings. The number of sulfone groups is 1. The van der Waals surface area contributed by atoms with E-state index in [9.17, 15) is 8.42 Å². The maximum Gasteiger partial charge on any atom is 0.191 e. The average Bonchev–Trinajstić information content (AvgIpc) is 3.20. The lowest BCUT2D eigenvalue weighted by atomic mass is 10.2. The van der Waals surface area contributed by atoms with Crippen molar-refractivity contribution in [3.63, 3.8) is 0 Å². The maximum atomic E-state index is 11.3. The van der Waals surface area contributed by atoms with E-state index in [-0.39, 0.29) is 5.75 Å². The summed E-state index contributed by atoms with van der Waals surface area (Å²) in [7, 11) is -2.97. The van der Waals surface area contributed by atoms with Crippen LogP contribution in [0.3, 0.4) is 0 Å². The van der Waals surface area contributed by atoms with Gasteiger partial charge >= 0.3 is 0 Å². The van der Waals surface area contributed by atoms with Crippen LogP contribution in [0.2, 0.25) is 0 Å². The molecule has 1 aliphatic heterocycles. The fraction of sp³-hybridized carbons (Fsp3) is 0.688. The number of nitrogens with one attached hydrogen (secondary N) is 2. The van der Waals surface area contributed by atoms with Crippen molar-refractivity contribution < 1.29 is 8.42 Å². The summed E-state index contributed by atoms with van der Waals surface area (Å²) in [6.45, 7) is 6.04. The lowest BCUT2D eigenvalue weighted by Gasteiger charge is -2.25. The molecule has 8 heteroatoms. The van der Waals surface area contributed by atoms with Gasteiger partial charge in [-0.2, -0.15) is 0 Å². The van der Waals surface area contributed by atoms with Crippen LogP contribution in [0.15, 0.2) is 22.5 Å². The fourth-order valence-corrected chi connectivity index (χ4v) is 4.12. The first-order valence-electron chi connectivity index (χ1n) is 8.47. The van der Waals surface area contributed by atoms with E-state index < -0.39 is 9.84 Å². The molecule has 1 aliphatic rings. The van der Waals surface area contributed by atoms with Crippen molar-refractivity contribution in [2.24, 2.45) is 4.99 Å². The Labute approximate surface area is 149 Å². The number of hydrogen-bond donors (Lipinski definition) is 2. The topological polar surface area (TPSA) is 73.8 Å². The molecule has 1 unspecified atom stereocenters. The second-order valence-electron chi connectivity index (χ2n) is 6.05. The van der Waals surface area contributed by atoms with Gasteiger partial charge in [-0.05, 0) is 44.3 Å². The molecule has 1 atom stereocenters. The average molecular weight is 373 g/mol. The highest BCUT2D eigenvalue weighted by molar-refractivity contribution is 7.90. The monoisotopic (exact) mass is 372 g/mol. The Kier molecular flexibility index (Phi) is 7.51. The van der Waals surface area contributed by atoms with Crippen LogP contribution in [0.4, 0.5) is 0 Å². The first-order chi connectivity index (χ1) is 11.5. The molecular formula is C16H28N4O2S2. The molecule has 6 nitrogen and oxygen atoms in total. The van der Waals surface area contributed by atoms with Crippen LogP contribution >= 0.6 is 11.3 Å². The van der Waals surface area contributed by atoms with Gasteiger partial charge in [0.2, 0.25) is 0 Å². The molecular weight excluding hydrogens is 344 g/mol. The molecule has 0 bridgehead atoms. The van der Waals surface area contributed by atoms with Crippen molar-refractivity contribution >= 4 is 27.1 Å². The van der Waals surface area contributed by atoms with E-state index in [2.05, 4.69) is 33.0 Å². The molecule has 0 saturated carbocycles. The van der Waals surface area contributed by atoms with Gasteiger partial charge in [0.25, 0.3) is 0 Å². The van der Waals surface area contributed by atoms with Crippen molar-refractivity contribution in [2.75, 3.05) is 44.7 Å². The van der Waals surface area contributed by atoms with Gasteiger partial charge in [-0.15, -0.1) is 11.3 Å². The minimum Gasteiger partial charge on any atom is -0.357 e. The standard InChI is InChI=1S/C16H28N4O2S2/c1-3-17-16(18-8-12-24(2,21)22)19-13-14(15-7-6-11-23-15)20-9-4-5-10-20/h6-7,11,14H,3-5,8-10,12-13H2,1-2H3,(H2,17,18,19). The number of thiophene rings is 1. The number of likely N-dealkylation sites (tertiary alicyclic amines) is 1. The van der Waals surface area contributed by atoms with Crippen molar-refractivity contribution in [1.29, 1.82) is 0 Å². The quantitative estimate of drug-likeness (QED) is 0.534. The van der Waals surface area contributed by atoms with E-state index in [4.69, 9.17) is 4.99 Å². The third kappa shape index (κ3) is 6.41. The summed E-state index contributed by atoms with van der Waals surface area (Å²) in [5, 5.41) is 8.41. The van der Waals surface area contributed by atoms with E-state index in [1.807, 2.05) is 6.92 Å². The Balaban J connectivity index is 2.00. The molecule has 1 saturated heterocycles. The van der Waals surface area contributed by atoms with Gasteiger partial charge in [0, 0.05) is 24.2 Å². The lowest BCUT2D eigenvalue weighted by Crippen LogP contribution is -2.40. The zero-order valence-electron chi connectivity index (χ0n) is 14.5. The van der Waals surface area contributed by atoms with E-state index in [0.29, 0.717) is 25.1 Å². The smallest absolute Gasteiger partial charge is 0.191 e. The van der Waals surface area contributed by atoms with Crippen molar-refractivity contribution in [3.05, 3.63) is 22.4 Å². The van der Waals surface area contributed by atoms with E-state index in [1.54, 1.807) is 11.3 Å². The predicted molar refractivity (Wildman–Crippen MR) is 102 cm³/mol. The van der Waals surface area contributed by atoms with Crippen molar-refractivity contribution in [2.45, 2.75) is 25.8 Å². The largest absolute Gasteiger partial charge is 0.357 e. The maximum absolute atomic E-state index is 11.3. The predicted octanol–water partition coefficient (Wildman–Crippen LogP) is 1.48. The number of guanidine groups is 1. The summed E-state index contributed by atoms with van der Waals surface area (Å²) in [5.74, 6) is 0.791. The van der Waals surface area contributed by atoms with E-state index >= 15 is 0 Å². The van der Waals surface area contributed by atoms with Crippen LogP contribution in [0.25, 0.3) is 0 Å². The SMILES string of the molecule is CCNC(=NCC(c1cccs1)N1CCCC1)NCCS(C)(=O)=O. The molecule has 136 valence electrons. The summed E-state index contributed by atoms with van der Waals surface area (Å²) >= 11 is 1.77.